The molecule has 0 unspecified atom stereocenters. The molecule has 5 rings (SSSR count). The van der Waals surface area contributed by atoms with Crippen LogP contribution in [0.25, 0.3) is 16.5 Å². The first-order valence-corrected chi connectivity index (χ1v) is 12.9. The van der Waals surface area contributed by atoms with Gasteiger partial charge in [0.1, 0.15) is 18.6 Å². The highest BCUT2D eigenvalue weighted by molar-refractivity contribution is 6.30. The van der Waals surface area contributed by atoms with Gasteiger partial charge in [0.15, 0.2) is 0 Å². The molecule has 2 amide bonds. The lowest BCUT2D eigenvalue weighted by Crippen LogP contribution is -2.62. The molecule has 1 fully saturated rings. The van der Waals surface area contributed by atoms with E-state index in [0.29, 0.717) is 55.1 Å². The molecule has 0 atom stereocenters. The molecule has 1 saturated heterocycles. The summed E-state index contributed by atoms with van der Waals surface area (Å²) in [5.74, 6) is -0.0498. The van der Waals surface area contributed by atoms with Gasteiger partial charge in [-0.25, -0.2) is 14.6 Å². The molecule has 1 aliphatic rings. The van der Waals surface area contributed by atoms with Gasteiger partial charge in [0.05, 0.1) is 17.8 Å². The molecule has 202 valence electrons. The molecule has 11 heteroatoms. The summed E-state index contributed by atoms with van der Waals surface area (Å²) in [6.45, 7) is 5.56. The fraction of sp³-hybridized carbons (Fsp3) is 0.321. The van der Waals surface area contributed by atoms with Crippen LogP contribution in [0.2, 0.25) is 5.02 Å². The molecule has 10 nitrogen and oxygen atoms in total. The number of carbonyl (C=O) groups is 2. The van der Waals surface area contributed by atoms with E-state index in [4.69, 9.17) is 21.1 Å². The van der Waals surface area contributed by atoms with Gasteiger partial charge in [-0.2, -0.15) is 0 Å². The number of amides is 2. The van der Waals surface area contributed by atoms with Gasteiger partial charge >= 0.3 is 0 Å². The van der Waals surface area contributed by atoms with E-state index >= 15 is 0 Å². The molecule has 0 aliphatic carbocycles. The van der Waals surface area contributed by atoms with Crippen molar-refractivity contribution < 1.29 is 19.1 Å². The lowest BCUT2D eigenvalue weighted by atomic mass is 9.98. The van der Waals surface area contributed by atoms with Crippen molar-refractivity contribution in [3.63, 3.8) is 0 Å². The summed E-state index contributed by atoms with van der Waals surface area (Å²) in [6, 6.07) is 16.6. The van der Waals surface area contributed by atoms with Crippen molar-refractivity contribution in [3.8, 4) is 11.6 Å². The van der Waals surface area contributed by atoms with Crippen molar-refractivity contribution in [1.29, 1.82) is 0 Å². The van der Waals surface area contributed by atoms with Gasteiger partial charge < -0.3 is 19.3 Å². The van der Waals surface area contributed by atoms with Crippen molar-refractivity contribution >= 4 is 34.2 Å². The van der Waals surface area contributed by atoms with Gasteiger partial charge in [0.25, 0.3) is 11.8 Å². The Morgan fingerprint density at radius 1 is 1.03 bits per heavy atom. The van der Waals surface area contributed by atoms with Crippen LogP contribution in [-0.2, 0) is 4.74 Å². The average molecular weight is 549 g/mol. The van der Waals surface area contributed by atoms with Gasteiger partial charge in [-0.3, -0.25) is 9.59 Å². The van der Waals surface area contributed by atoms with Crippen molar-refractivity contribution in [2.24, 2.45) is 0 Å². The van der Waals surface area contributed by atoms with Crippen LogP contribution in [0.4, 0.5) is 0 Å². The number of ether oxygens (including phenoxy) is 2. The number of aromatic nitrogens is 4. The van der Waals surface area contributed by atoms with Crippen molar-refractivity contribution in [1.82, 2.24) is 29.5 Å². The van der Waals surface area contributed by atoms with E-state index in [9.17, 15) is 9.59 Å². The third-order valence-electron chi connectivity index (χ3n) is 6.64. The first-order chi connectivity index (χ1) is 18.8. The second kappa shape index (κ2) is 11.0. The third kappa shape index (κ3) is 5.57. The minimum atomic E-state index is -0.666. The highest BCUT2D eigenvalue weighted by Gasteiger charge is 2.40. The standard InChI is InChI=1S/C28H29ClN6O4/c1-28(2)17-33(26(36)23-15-19-7-4-5-10-22(19)25(31-23)39-14-13-38-3)11-12-34(28)27(37)24-30-18-35(32-24)21-9-6-8-20(29)16-21/h4-10,15-16,18H,11-14,17H2,1-3H3. The van der Waals surface area contributed by atoms with E-state index in [2.05, 4.69) is 15.1 Å². The Morgan fingerprint density at radius 2 is 1.85 bits per heavy atom. The van der Waals surface area contributed by atoms with E-state index in [1.807, 2.05) is 44.2 Å². The molecule has 39 heavy (non-hydrogen) atoms. The number of hydrogen-bond donors (Lipinski definition) is 0. The normalized spacial score (nSPS) is 15.0. The van der Waals surface area contributed by atoms with Gasteiger partial charge in [-0.1, -0.05) is 35.9 Å². The predicted octanol–water partition coefficient (Wildman–Crippen LogP) is 3.87. The Hall–Kier alpha value is -4.02. The smallest absolute Gasteiger partial charge is 0.294 e. The maximum Gasteiger partial charge on any atom is 0.294 e. The van der Waals surface area contributed by atoms with Gasteiger partial charge in [-0.05, 0) is 49.6 Å². The number of piperazine rings is 1. The predicted molar refractivity (Wildman–Crippen MR) is 147 cm³/mol. The van der Waals surface area contributed by atoms with E-state index in [1.165, 1.54) is 11.0 Å². The molecule has 0 saturated carbocycles. The second-order valence-corrected chi connectivity index (χ2v) is 10.3. The van der Waals surface area contributed by atoms with Crippen LogP contribution in [0.5, 0.6) is 5.88 Å². The van der Waals surface area contributed by atoms with E-state index < -0.39 is 5.54 Å². The van der Waals surface area contributed by atoms with Crippen LogP contribution in [-0.4, -0.2) is 86.9 Å². The minimum absolute atomic E-state index is 0.0804. The lowest BCUT2D eigenvalue weighted by molar-refractivity contribution is 0.0158. The van der Waals surface area contributed by atoms with E-state index in [1.54, 1.807) is 41.2 Å². The quantitative estimate of drug-likeness (QED) is 0.323. The highest BCUT2D eigenvalue weighted by atomic mass is 35.5. The maximum absolute atomic E-state index is 13.6. The number of hydrogen-bond acceptors (Lipinski definition) is 7. The molecule has 0 radical (unpaired) electrons. The first-order valence-electron chi connectivity index (χ1n) is 12.6. The second-order valence-electron chi connectivity index (χ2n) is 9.86. The largest absolute Gasteiger partial charge is 0.475 e. The summed E-state index contributed by atoms with van der Waals surface area (Å²) in [6.07, 6.45) is 1.49. The number of methoxy groups -OCH3 is 1. The number of benzene rings is 2. The number of pyridine rings is 1. The van der Waals surface area contributed by atoms with Crippen LogP contribution in [0.1, 0.15) is 35.0 Å². The van der Waals surface area contributed by atoms with Gasteiger partial charge in [0.2, 0.25) is 11.7 Å². The fourth-order valence-electron chi connectivity index (χ4n) is 4.70. The molecular weight excluding hydrogens is 520 g/mol. The number of fused-ring (bicyclic) bond motifs is 1. The summed E-state index contributed by atoms with van der Waals surface area (Å²) in [5, 5.41) is 6.62. The molecule has 1 aliphatic heterocycles. The van der Waals surface area contributed by atoms with E-state index in [-0.39, 0.29) is 17.6 Å². The van der Waals surface area contributed by atoms with Crippen LogP contribution in [0.3, 0.4) is 0 Å². The van der Waals surface area contributed by atoms with Crippen molar-refractivity contribution in [2.45, 2.75) is 19.4 Å². The fourth-order valence-corrected chi connectivity index (χ4v) is 4.88. The zero-order chi connectivity index (χ0) is 27.6. The topological polar surface area (TPSA) is 103 Å². The SMILES string of the molecule is COCCOc1nc(C(=O)N2CCN(C(=O)c3ncn(-c4cccc(Cl)c4)n3)C(C)(C)C2)cc2ccccc12. The van der Waals surface area contributed by atoms with Crippen LogP contribution in [0, 0.1) is 0 Å². The van der Waals surface area contributed by atoms with Crippen molar-refractivity contribution in [2.75, 3.05) is 40.0 Å². The summed E-state index contributed by atoms with van der Waals surface area (Å²) >= 11 is 6.09. The molecule has 2 aromatic heterocycles. The molecule has 2 aromatic carbocycles. The Bertz CT molecular complexity index is 1520. The van der Waals surface area contributed by atoms with Crippen LogP contribution < -0.4 is 4.74 Å². The summed E-state index contributed by atoms with van der Waals surface area (Å²) < 4.78 is 12.4. The van der Waals surface area contributed by atoms with Gasteiger partial charge in [-0.15, -0.1) is 5.10 Å². The Kier molecular flexibility index (Phi) is 7.49. The van der Waals surface area contributed by atoms with Crippen molar-refractivity contribution in [3.05, 3.63) is 77.5 Å². The monoisotopic (exact) mass is 548 g/mol. The first kappa shape index (κ1) is 26.6. The molecule has 4 aromatic rings. The summed E-state index contributed by atoms with van der Waals surface area (Å²) in [7, 11) is 1.60. The molecule has 0 bridgehead atoms. The van der Waals surface area contributed by atoms with Crippen LogP contribution in [0.15, 0.2) is 60.9 Å². The zero-order valence-corrected chi connectivity index (χ0v) is 22.8. The average Bonchev–Trinajstić information content (AvgIpc) is 3.42. The highest BCUT2D eigenvalue weighted by Crippen LogP contribution is 2.28. The van der Waals surface area contributed by atoms with Gasteiger partial charge in [0, 0.05) is 37.2 Å². The van der Waals surface area contributed by atoms with Crippen LogP contribution >= 0.6 is 11.6 Å². The summed E-state index contributed by atoms with van der Waals surface area (Å²) in [4.78, 5) is 39.2. The Balaban J connectivity index is 1.33. The van der Waals surface area contributed by atoms with E-state index in [0.717, 1.165) is 10.8 Å². The third-order valence-corrected chi connectivity index (χ3v) is 6.88. The number of nitrogens with zero attached hydrogens (tertiary/aromatic N) is 6. The Labute approximate surface area is 231 Å². The molecule has 3 heterocycles. The molecule has 0 spiro atoms. The Morgan fingerprint density at radius 3 is 2.62 bits per heavy atom. The number of rotatable bonds is 7. The molecular formula is C28H29ClN6O4. The molecule has 0 N–H and O–H groups in total. The number of halogens is 1. The maximum atomic E-state index is 13.6. The lowest BCUT2D eigenvalue weighted by Gasteiger charge is -2.46. The zero-order valence-electron chi connectivity index (χ0n) is 22.0. The summed E-state index contributed by atoms with van der Waals surface area (Å²) in [5.41, 5.74) is 0.331. The number of carbonyl (C=O) groups excluding carboxylic acids is 2. The minimum Gasteiger partial charge on any atom is -0.475 e.